The van der Waals surface area contributed by atoms with E-state index in [4.69, 9.17) is 9.84 Å². The lowest BCUT2D eigenvalue weighted by atomic mass is 10.1. The fraction of sp³-hybridized carbons (Fsp3) is 0.368. The maximum absolute atomic E-state index is 11.8. The number of aliphatic hydroxyl groups excluding tert-OH is 1. The van der Waals surface area contributed by atoms with Gasteiger partial charge in [-0.2, -0.15) is 0 Å². The highest BCUT2D eigenvalue weighted by Crippen LogP contribution is 2.37. The molecule has 154 valence electrons. The first-order chi connectivity index (χ1) is 13.8. The van der Waals surface area contributed by atoms with Gasteiger partial charge in [0.25, 0.3) is 0 Å². The Morgan fingerprint density at radius 3 is 2.62 bits per heavy atom. The summed E-state index contributed by atoms with van der Waals surface area (Å²) in [6, 6.07) is 3.31. The summed E-state index contributed by atoms with van der Waals surface area (Å²) in [5.41, 5.74) is 0.912. The topological polar surface area (TPSA) is 129 Å². The van der Waals surface area contributed by atoms with E-state index in [0.29, 0.717) is 39.9 Å². The zero-order valence-corrected chi connectivity index (χ0v) is 17.2. The first-order valence-electron chi connectivity index (χ1n) is 9.10. The fourth-order valence-electron chi connectivity index (χ4n) is 2.59. The molecule has 0 spiro atoms. The van der Waals surface area contributed by atoms with Crippen LogP contribution < -0.4 is 15.4 Å². The van der Waals surface area contributed by atoms with Crippen molar-refractivity contribution in [3.05, 3.63) is 30.4 Å². The molecule has 0 aliphatic carbocycles. The van der Waals surface area contributed by atoms with Gasteiger partial charge in [0.2, 0.25) is 0 Å². The number of carbonyl (C=O) groups excluding carboxylic acids is 1. The largest absolute Gasteiger partial charge is 0.490 e. The molecule has 1 aromatic carbocycles. The van der Waals surface area contributed by atoms with E-state index in [1.54, 1.807) is 26.2 Å². The third kappa shape index (κ3) is 4.97. The van der Waals surface area contributed by atoms with Crippen molar-refractivity contribution >= 4 is 32.7 Å². The first kappa shape index (κ1) is 20.9. The van der Waals surface area contributed by atoms with Crippen LogP contribution in [0.3, 0.4) is 0 Å². The summed E-state index contributed by atoms with van der Waals surface area (Å²) in [7, 11) is 0. The van der Waals surface area contributed by atoms with Gasteiger partial charge in [0.05, 0.1) is 16.8 Å². The van der Waals surface area contributed by atoms with Gasteiger partial charge in [0.15, 0.2) is 11.0 Å². The molecule has 0 unspecified atom stereocenters. The standard InChI is InChI=1S/C19H23N5O4S/c1-4-20-17(26)24-18-23-13-7-12(14(28-6-5-25)8-15(13)29-18)11-9-21-16(22-10-11)19(2,3)27/h7-10,25,27H,4-6H2,1-3H3,(H2,20,23,24,26). The Kier molecular flexibility index (Phi) is 6.26. The summed E-state index contributed by atoms with van der Waals surface area (Å²) in [6.07, 6.45) is 3.21. The molecular formula is C19H23N5O4S. The Morgan fingerprint density at radius 1 is 1.28 bits per heavy atom. The predicted octanol–water partition coefficient (Wildman–Crippen LogP) is 2.49. The minimum Gasteiger partial charge on any atom is -0.490 e. The van der Waals surface area contributed by atoms with Crippen molar-refractivity contribution in [3.63, 3.8) is 0 Å². The summed E-state index contributed by atoms with van der Waals surface area (Å²) in [6.45, 7) is 5.58. The van der Waals surface area contributed by atoms with Crippen molar-refractivity contribution in [2.45, 2.75) is 26.4 Å². The first-order valence-corrected chi connectivity index (χ1v) is 9.92. The number of rotatable bonds is 7. The molecule has 3 aromatic rings. The lowest BCUT2D eigenvalue weighted by Crippen LogP contribution is -2.28. The third-order valence-corrected chi connectivity index (χ3v) is 4.84. The SMILES string of the molecule is CCNC(=O)Nc1nc2cc(-c3cnc(C(C)(C)O)nc3)c(OCCO)cc2s1. The Morgan fingerprint density at radius 2 is 2.00 bits per heavy atom. The molecule has 0 fully saturated rings. The van der Waals surface area contributed by atoms with Crippen LogP contribution in [0.2, 0.25) is 0 Å². The number of fused-ring (bicyclic) bond motifs is 1. The van der Waals surface area contributed by atoms with Gasteiger partial charge in [-0.05, 0) is 26.8 Å². The van der Waals surface area contributed by atoms with Crippen LogP contribution in [-0.4, -0.2) is 51.0 Å². The number of nitrogens with zero attached hydrogens (tertiary/aromatic N) is 3. The van der Waals surface area contributed by atoms with Gasteiger partial charge >= 0.3 is 6.03 Å². The predicted molar refractivity (Wildman–Crippen MR) is 111 cm³/mol. The highest BCUT2D eigenvalue weighted by molar-refractivity contribution is 7.22. The van der Waals surface area contributed by atoms with Crippen LogP contribution in [0.15, 0.2) is 24.5 Å². The highest BCUT2D eigenvalue weighted by atomic mass is 32.1. The second-order valence-corrected chi connectivity index (χ2v) is 7.78. The third-order valence-electron chi connectivity index (χ3n) is 3.91. The van der Waals surface area contributed by atoms with Crippen LogP contribution in [0, 0.1) is 0 Å². The lowest BCUT2D eigenvalue weighted by molar-refractivity contribution is 0.0687. The molecule has 2 amide bonds. The number of hydrogen-bond donors (Lipinski definition) is 4. The van der Waals surface area contributed by atoms with Crippen LogP contribution >= 0.6 is 11.3 Å². The van der Waals surface area contributed by atoms with Gasteiger partial charge in [0, 0.05) is 36.1 Å². The summed E-state index contributed by atoms with van der Waals surface area (Å²) in [5.74, 6) is 0.849. The van der Waals surface area contributed by atoms with Crippen molar-refractivity contribution in [2.75, 3.05) is 25.1 Å². The van der Waals surface area contributed by atoms with Crippen molar-refractivity contribution < 1.29 is 19.7 Å². The number of urea groups is 1. The highest BCUT2D eigenvalue weighted by Gasteiger charge is 2.20. The van der Waals surface area contributed by atoms with Crippen LogP contribution in [0.5, 0.6) is 5.75 Å². The van der Waals surface area contributed by atoms with Gasteiger partial charge in [-0.25, -0.2) is 19.7 Å². The van der Waals surface area contributed by atoms with Gasteiger partial charge in [-0.1, -0.05) is 11.3 Å². The summed E-state index contributed by atoms with van der Waals surface area (Å²) in [4.78, 5) is 24.7. The normalized spacial score (nSPS) is 11.5. The van der Waals surface area contributed by atoms with Crippen LogP contribution in [-0.2, 0) is 5.60 Å². The average Bonchev–Trinajstić information content (AvgIpc) is 3.06. The molecule has 2 heterocycles. The number of aromatic nitrogens is 3. The van der Waals surface area contributed by atoms with Crippen molar-refractivity contribution in [1.29, 1.82) is 0 Å². The number of hydrogen-bond acceptors (Lipinski definition) is 8. The molecular weight excluding hydrogens is 394 g/mol. The number of ether oxygens (including phenoxy) is 1. The molecule has 0 saturated heterocycles. The minimum atomic E-state index is -1.15. The fourth-order valence-corrected chi connectivity index (χ4v) is 3.47. The number of thiazole rings is 1. The van der Waals surface area contributed by atoms with Crippen LogP contribution in [0.4, 0.5) is 9.93 Å². The number of benzene rings is 1. The molecule has 0 aliphatic rings. The van der Waals surface area contributed by atoms with E-state index < -0.39 is 5.60 Å². The summed E-state index contributed by atoms with van der Waals surface area (Å²) >= 11 is 1.32. The second-order valence-electron chi connectivity index (χ2n) is 6.75. The average molecular weight is 417 g/mol. The molecule has 0 radical (unpaired) electrons. The molecule has 4 N–H and O–H groups in total. The molecule has 10 heteroatoms. The van der Waals surface area contributed by atoms with E-state index in [9.17, 15) is 9.90 Å². The lowest BCUT2D eigenvalue weighted by Gasteiger charge is -2.16. The molecule has 9 nitrogen and oxygen atoms in total. The van der Waals surface area contributed by atoms with Gasteiger partial charge in [-0.15, -0.1) is 0 Å². The van der Waals surface area contributed by atoms with E-state index in [1.807, 2.05) is 19.1 Å². The molecule has 29 heavy (non-hydrogen) atoms. The second kappa shape index (κ2) is 8.68. The Balaban J connectivity index is 2.00. The zero-order chi connectivity index (χ0) is 21.0. The molecule has 0 bridgehead atoms. The van der Waals surface area contributed by atoms with Gasteiger partial charge in [0.1, 0.15) is 18.0 Å². The smallest absolute Gasteiger partial charge is 0.321 e. The van der Waals surface area contributed by atoms with Crippen LogP contribution in [0.25, 0.3) is 21.3 Å². The zero-order valence-electron chi connectivity index (χ0n) is 16.4. The van der Waals surface area contributed by atoms with Crippen LogP contribution in [0.1, 0.15) is 26.6 Å². The maximum Gasteiger partial charge on any atom is 0.321 e. The van der Waals surface area contributed by atoms with Crippen molar-refractivity contribution in [3.8, 4) is 16.9 Å². The van der Waals surface area contributed by atoms with E-state index in [0.717, 1.165) is 4.70 Å². The summed E-state index contributed by atoms with van der Waals surface area (Å²) in [5, 5.41) is 25.0. The van der Waals surface area contributed by atoms with Crippen molar-refractivity contribution in [2.24, 2.45) is 0 Å². The monoisotopic (exact) mass is 417 g/mol. The number of aliphatic hydroxyl groups is 2. The quantitative estimate of drug-likeness (QED) is 0.465. The minimum absolute atomic E-state index is 0.127. The number of amides is 2. The molecule has 0 atom stereocenters. The molecule has 0 aliphatic heterocycles. The number of carbonyl (C=O) groups is 1. The van der Waals surface area contributed by atoms with Gasteiger partial charge in [-0.3, -0.25) is 5.32 Å². The van der Waals surface area contributed by atoms with E-state index in [2.05, 4.69) is 25.6 Å². The summed E-state index contributed by atoms with van der Waals surface area (Å²) < 4.78 is 6.52. The molecule has 3 rings (SSSR count). The maximum atomic E-state index is 11.8. The molecule has 2 aromatic heterocycles. The van der Waals surface area contributed by atoms with E-state index in [1.165, 1.54) is 11.3 Å². The Bertz CT molecular complexity index is 998. The Labute approximate surface area is 171 Å². The van der Waals surface area contributed by atoms with E-state index >= 15 is 0 Å². The van der Waals surface area contributed by atoms with Crippen molar-refractivity contribution in [1.82, 2.24) is 20.3 Å². The van der Waals surface area contributed by atoms with E-state index in [-0.39, 0.29) is 19.2 Å². The Hall–Kier alpha value is -2.82. The number of nitrogens with one attached hydrogen (secondary N) is 2. The van der Waals surface area contributed by atoms with Gasteiger partial charge < -0.3 is 20.3 Å². The number of anilines is 1. The molecule has 0 saturated carbocycles.